The summed E-state index contributed by atoms with van der Waals surface area (Å²) in [5.74, 6) is 1.28. The molecule has 0 aromatic heterocycles. The van der Waals surface area contributed by atoms with Gasteiger partial charge in [-0.25, -0.2) is 0 Å². The van der Waals surface area contributed by atoms with Gasteiger partial charge in [-0.3, -0.25) is 0 Å². The Morgan fingerprint density at radius 1 is 1.04 bits per heavy atom. The van der Waals surface area contributed by atoms with Crippen molar-refractivity contribution in [2.45, 2.75) is 76.6 Å². The highest BCUT2D eigenvalue weighted by atomic mass is 32.2. The summed E-state index contributed by atoms with van der Waals surface area (Å²) in [5.41, 5.74) is 3.73. The molecule has 0 heterocycles. The van der Waals surface area contributed by atoms with Gasteiger partial charge in [-0.05, 0) is 73.3 Å². The van der Waals surface area contributed by atoms with E-state index < -0.39 is 5.60 Å². The number of hydrogen-bond acceptors (Lipinski definition) is 2. The normalized spacial score (nSPS) is 18.4. The lowest BCUT2D eigenvalue weighted by Crippen LogP contribution is -2.22. The molecule has 2 aromatic carbocycles. The Kier molecular flexibility index (Phi) is 7.28. The van der Waals surface area contributed by atoms with Gasteiger partial charge in [0.05, 0.1) is 5.60 Å². The van der Waals surface area contributed by atoms with Crippen molar-refractivity contribution in [2.75, 3.05) is 5.75 Å². The highest BCUT2D eigenvalue weighted by Crippen LogP contribution is 2.53. The highest BCUT2D eigenvalue weighted by molar-refractivity contribution is 7.99. The first-order chi connectivity index (χ1) is 13.5. The van der Waals surface area contributed by atoms with Crippen LogP contribution >= 0.6 is 11.8 Å². The van der Waals surface area contributed by atoms with E-state index in [1.165, 1.54) is 36.1 Å². The summed E-state index contributed by atoms with van der Waals surface area (Å²) in [7, 11) is 0. The maximum Gasteiger partial charge on any atom is 0.0871 e. The average molecular weight is 397 g/mol. The van der Waals surface area contributed by atoms with Crippen molar-refractivity contribution in [2.24, 2.45) is 5.41 Å². The van der Waals surface area contributed by atoms with E-state index in [1.807, 2.05) is 6.92 Å². The van der Waals surface area contributed by atoms with Crippen molar-refractivity contribution in [1.82, 2.24) is 0 Å². The second kappa shape index (κ2) is 9.50. The summed E-state index contributed by atoms with van der Waals surface area (Å²) in [6.45, 7) is 6.45. The molecule has 1 nitrogen and oxygen atoms in total. The first kappa shape index (κ1) is 21.5. The van der Waals surface area contributed by atoms with Gasteiger partial charge in [-0.1, -0.05) is 74.9 Å². The number of hydrogen-bond donors (Lipinski definition) is 1. The van der Waals surface area contributed by atoms with Crippen molar-refractivity contribution >= 4 is 11.8 Å². The highest BCUT2D eigenvalue weighted by Gasteiger charge is 2.40. The Hall–Kier alpha value is -1.25. The molecule has 1 N–H and O–H groups in total. The Bertz CT molecular complexity index is 733. The standard InChI is InChI=1S/C26H36OS/c1-4-17-25(3,27)23-14-10-9-11-21(23)15-16-24(22-12-7-6-8-13-22)28-20-26(5-2)18-19-26/h6-14,24,27H,4-5,15-20H2,1-3H3. The minimum Gasteiger partial charge on any atom is -0.385 e. The Labute approximate surface area is 176 Å². The molecular weight excluding hydrogens is 360 g/mol. The van der Waals surface area contributed by atoms with Crippen LogP contribution < -0.4 is 0 Å². The summed E-state index contributed by atoms with van der Waals surface area (Å²) >= 11 is 2.15. The summed E-state index contributed by atoms with van der Waals surface area (Å²) in [5, 5.41) is 11.5. The van der Waals surface area contributed by atoms with Gasteiger partial charge in [0.15, 0.2) is 0 Å². The van der Waals surface area contributed by atoms with Gasteiger partial charge in [0.2, 0.25) is 0 Å². The molecule has 0 radical (unpaired) electrons. The molecule has 0 amide bonds. The monoisotopic (exact) mass is 396 g/mol. The van der Waals surface area contributed by atoms with Gasteiger partial charge >= 0.3 is 0 Å². The summed E-state index contributed by atoms with van der Waals surface area (Å²) in [6, 6.07) is 19.5. The first-order valence-corrected chi connectivity index (χ1v) is 12.0. The van der Waals surface area contributed by atoms with E-state index in [9.17, 15) is 5.11 Å². The zero-order chi connectivity index (χ0) is 20.0. The lowest BCUT2D eigenvalue weighted by Gasteiger charge is -2.27. The SMILES string of the molecule is CCCC(C)(O)c1ccccc1CCC(SCC1(CC)CC1)c1ccccc1. The third kappa shape index (κ3) is 5.42. The van der Waals surface area contributed by atoms with Crippen LogP contribution in [0.1, 0.15) is 81.2 Å². The number of aryl methyl sites for hydroxylation is 1. The molecule has 28 heavy (non-hydrogen) atoms. The maximum atomic E-state index is 11.0. The van der Waals surface area contributed by atoms with Crippen molar-refractivity contribution in [3.8, 4) is 0 Å². The Morgan fingerprint density at radius 2 is 1.71 bits per heavy atom. The molecule has 1 aliphatic rings. The molecule has 3 rings (SSSR count). The van der Waals surface area contributed by atoms with Crippen LogP contribution in [0.5, 0.6) is 0 Å². The van der Waals surface area contributed by atoms with Crippen LogP contribution in [0, 0.1) is 5.41 Å². The lowest BCUT2D eigenvalue weighted by molar-refractivity contribution is 0.0460. The predicted molar refractivity (Wildman–Crippen MR) is 123 cm³/mol. The molecule has 0 spiro atoms. The quantitative estimate of drug-likeness (QED) is 0.430. The molecule has 1 aliphatic carbocycles. The second-order valence-electron chi connectivity index (χ2n) is 8.78. The number of thioether (sulfide) groups is 1. The molecule has 152 valence electrons. The van der Waals surface area contributed by atoms with E-state index in [0.717, 1.165) is 31.2 Å². The van der Waals surface area contributed by atoms with Gasteiger partial charge in [0, 0.05) is 5.25 Å². The van der Waals surface area contributed by atoms with Crippen molar-refractivity contribution in [3.63, 3.8) is 0 Å². The fraction of sp³-hybridized carbons (Fsp3) is 0.538. The van der Waals surface area contributed by atoms with E-state index in [4.69, 9.17) is 0 Å². The fourth-order valence-electron chi connectivity index (χ4n) is 4.24. The van der Waals surface area contributed by atoms with Gasteiger partial charge in [0.25, 0.3) is 0 Å². The zero-order valence-corrected chi connectivity index (χ0v) is 18.6. The van der Waals surface area contributed by atoms with Crippen LogP contribution in [0.25, 0.3) is 0 Å². The van der Waals surface area contributed by atoms with Crippen LogP contribution in [-0.2, 0) is 12.0 Å². The van der Waals surface area contributed by atoms with Crippen LogP contribution in [0.2, 0.25) is 0 Å². The van der Waals surface area contributed by atoms with E-state index in [-0.39, 0.29) is 0 Å². The van der Waals surface area contributed by atoms with E-state index in [0.29, 0.717) is 10.7 Å². The minimum atomic E-state index is -0.735. The van der Waals surface area contributed by atoms with Gasteiger partial charge in [-0.2, -0.15) is 11.8 Å². The second-order valence-corrected chi connectivity index (χ2v) is 9.97. The van der Waals surface area contributed by atoms with Crippen molar-refractivity contribution in [1.29, 1.82) is 0 Å². The van der Waals surface area contributed by atoms with E-state index in [2.05, 4.69) is 80.2 Å². The largest absolute Gasteiger partial charge is 0.385 e. The zero-order valence-electron chi connectivity index (χ0n) is 17.8. The number of rotatable bonds is 11. The summed E-state index contributed by atoms with van der Waals surface area (Å²) in [6.07, 6.45) is 8.05. The average Bonchev–Trinajstić information content (AvgIpc) is 3.49. The molecule has 0 bridgehead atoms. The molecule has 1 fully saturated rings. The van der Waals surface area contributed by atoms with Crippen molar-refractivity contribution in [3.05, 3.63) is 71.3 Å². The van der Waals surface area contributed by atoms with Crippen LogP contribution in [-0.4, -0.2) is 10.9 Å². The molecule has 2 atom stereocenters. The lowest BCUT2D eigenvalue weighted by atomic mass is 9.86. The number of aliphatic hydroxyl groups is 1. The molecule has 1 saturated carbocycles. The van der Waals surface area contributed by atoms with E-state index in [1.54, 1.807) is 0 Å². The van der Waals surface area contributed by atoms with Gasteiger partial charge in [-0.15, -0.1) is 0 Å². The van der Waals surface area contributed by atoms with E-state index >= 15 is 0 Å². The number of benzene rings is 2. The molecule has 2 heteroatoms. The molecule has 2 unspecified atom stereocenters. The fourth-order valence-corrected chi connectivity index (χ4v) is 5.92. The van der Waals surface area contributed by atoms with Gasteiger partial charge < -0.3 is 5.11 Å². The first-order valence-electron chi connectivity index (χ1n) is 11.0. The molecule has 0 aliphatic heterocycles. The van der Waals surface area contributed by atoms with Gasteiger partial charge in [0.1, 0.15) is 0 Å². The van der Waals surface area contributed by atoms with Crippen molar-refractivity contribution < 1.29 is 5.11 Å². The molecule has 2 aromatic rings. The topological polar surface area (TPSA) is 20.2 Å². The van der Waals surface area contributed by atoms with Crippen LogP contribution in [0.3, 0.4) is 0 Å². The summed E-state index contributed by atoms with van der Waals surface area (Å²) in [4.78, 5) is 0. The Morgan fingerprint density at radius 3 is 2.36 bits per heavy atom. The molecular formula is C26H36OS. The van der Waals surface area contributed by atoms with Crippen LogP contribution in [0.4, 0.5) is 0 Å². The smallest absolute Gasteiger partial charge is 0.0871 e. The van der Waals surface area contributed by atoms with Crippen LogP contribution in [0.15, 0.2) is 54.6 Å². The minimum absolute atomic E-state index is 0.523. The Balaban J connectivity index is 1.73. The maximum absolute atomic E-state index is 11.0. The third-order valence-corrected chi connectivity index (χ3v) is 8.17. The summed E-state index contributed by atoms with van der Waals surface area (Å²) < 4.78 is 0. The molecule has 0 saturated heterocycles. The third-order valence-electron chi connectivity index (χ3n) is 6.48. The predicted octanol–water partition coefficient (Wildman–Crippen LogP) is 7.29.